The van der Waals surface area contributed by atoms with Gasteiger partial charge in [0, 0.05) is 31.7 Å². The number of likely N-dealkylation sites (N-methyl/N-ethyl adjacent to an activating group) is 1. The van der Waals surface area contributed by atoms with E-state index in [1.165, 1.54) is 0 Å². The first kappa shape index (κ1) is 15.8. The minimum atomic E-state index is -4.53. The molecular weight excluding hydrogens is 285 g/mol. The van der Waals surface area contributed by atoms with Crippen LogP contribution < -0.4 is 16.2 Å². The largest absolute Gasteiger partial charge is 0.433 e. The second-order valence-electron chi connectivity index (χ2n) is 5.00. The number of nitrogens with two attached hydrogens (primary N) is 1. The molecule has 118 valence electrons. The van der Waals surface area contributed by atoms with Gasteiger partial charge in [0.25, 0.3) is 0 Å². The van der Waals surface area contributed by atoms with Crippen LogP contribution in [0.15, 0.2) is 6.07 Å². The predicted octanol–water partition coefficient (Wildman–Crippen LogP) is 1.31. The Morgan fingerprint density at radius 3 is 2.62 bits per heavy atom. The third-order valence-corrected chi connectivity index (χ3v) is 3.63. The van der Waals surface area contributed by atoms with E-state index < -0.39 is 11.9 Å². The lowest BCUT2D eigenvalue weighted by Crippen LogP contribution is -2.52. The Morgan fingerprint density at radius 2 is 2.10 bits per heavy atom. The smallest absolute Gasteiger partial charge is 0.354 e. The summed E-state index contributed by atoms with van der Waals surface area (Å²) in [7, 11) is 0. The van der Waals surface area contributed by atoms with Crippen LogP contribution in [0, 0.1) is 0 Å². The second kappa shape index (κ2) is 6.02. The molecular formula is C12H19F3N6. The topological polar surface area (TPSA) is 70.3 Å². The van der Waals surface area contributed by atoms with Crippen LogP contribution >= 0.6 is 0 Å². The van der Waals surface area contributed by atoms with Crippen molar-refractivity contribution in [1.29, 1.82) is 0 Å². The van der Waals surface area contributed by atoms with Crippen molar-refractivity contribution in [1.82, 2.24) is 14.9 Å². The summed E-state index contributed by atoms with van der Waals surface area (Å²) in [6.45, 7) is 7.05. The monoisotopic (exact) mass is 304 g/mol. The van der Waals surface area contributed by atoms with E-state index in [-0.39, 0.29) is 17.8 Å². The molecule has 0 aromatic carbocycles. The zero-order valence-corrected chi connectivity index (χ0v) is 12.0. The molecule has 1 unspecified atom stereocenters. The van der Waals surface area contributed by atoms with E-state index in [2.05, 4.69) is 27.2 Å². The zero-order chi connectivity index (χ0) is 15.6. The van der Waals surface area contributed by atoms with E-state index in [9.17, 15) is 13.2 Å². The van der Waals surface area contributed by atoms with Gasteiger partial charge >= 0.3 is 6.18 Å². The maximum absolute atomic E-state index is 12.9. The quantitative estimate of drug-likeness (QED) is 0.648. The van der Waals surface area contributed by atoms with Crippen LogP contribution in [0.2, 0.25) is 0 Å². The number of nitrogen functional groups attached to an aromatic ring is 1. The van der Waals surface area contributed by atoms with Gasteiger partial charge < -0.3 is 4.90 Å². The number of hydrogen-bond donors (Lipinski definition) is 2. The van der Waals surface area contributed by atoms with Crippen LogP contribution in [0.3, 0.4) is 0 Å². The molecule has 2 heterocycles. The number of nitrogens with zero attached hydrogens (tertiary/aromatic N) is 4. The number of piperazine rings is 1. The first-order valence-electron chi connectivity index (χ1n) is 6.77. The Bertz CT molecular complexity index is 492. The average molecular weight is 304 g/mol. The Labute approximate surface area is 121 Å². The summed E-state index contributed by atoms with van der Waals surface area (Å²) in [4.78, 5) is 11.5. The van der Waals surface area contributed by atoms with E-state index in [1.54, 1.807) is 0 Å². The maximum Gasteiger partial charge on any atom is 0.433 e. The van der Waals surface area contributed by atoms with Gasteiger partial charge in [-0.3, -0.25) is 10.3 Å². The molecule has 1 atom stereocenters. The second-order valence-corrected chi connectivity index (χ2v) is 5.00. The summed E-state index contributed by atoms with van der Waals surface area (Å²) < 4.78 is 38.6. The van der Waals surface area contributed by atoms with Gasteiger partial charge in [0.05, 0.1) is 0 Å². The Morgan fingerprint density at radius 1 is 1.38 bits per heavy atom. The molecule has 2 rings (SSSR count). The van der Waals surface area contributed by atoms with E-state index in [1.807, 2.05) is 11.8 Å². The molecule has 6 nitrogen and oxygen atoms in total. The molecule has 1 fully saturated rings. The standard InChI is InChI=1S/C12H19F3N6/c1-3-20-4-5-21(7-8(20)2)10-6-9(12(13,14)15)17-11(18-10)19-16/h6,8H,3-5,7,16H2,1-2H3,(H,17,18,19). The third kappa shape index (κ3) is 3.53. The van der Waals surface area contributed by atoms with Crippen molar-refractivity contribution in [3.05, 3.63) is 11.8 Å². The Balaban J connectivity index is 2.27. The SMILES string of the molecule is CCN1CCN(c2cc(C(F)(F)F)nc(NN)n2)CC1C. The lowest BCUT2D eigenvalue weighted by molar-refractivity contribution is -0.141. The minimum absolute atomic E-state index is 0.231. The summed E-state index contributed by atoms with van der Waals surface area (Å²) in [5, 5.41) is 0. The molecule has 1 aliphatic rings. The number of hydrazine groups is 1. The minimum Gasteiger partial charge on any atom is -0.354 e. The van der Waals surface area contributed by atoms with Gasteiger partial charge in [0.15, 0.2) is 5.69 Å². The van der Waals surface area contributed by atoms with Crippen LogP contribution in [0.25, 0.3) is 0 Å². The molecule has 1 aromatic rings. The summed E-state index contributed by atoms with van der Waals surface area (Å²) in [5.74, 6) is 5.17. The number of alkyl halides is 3. The summed E-state index contributed by atoms with van der Waals surface area (Å²) in [6, 6.07) is 1.22. The van der Waals surface area contributed by atoms with Crippen LogP contribution in [0.1, 0.15) is 19.5 Å². The fourth-order valence-electron chi connectivity index (χ4n) is 2.48. The molecule has 3 N–H and O–H groups in total. The molecule has 1 aliphatic heterocycles. The lowest BCUT2D eigenvalue weighted by atomic mass is 10.2. The first-order chi connectivity index (χ1) is 9.85. The molecule has 0 bridgehead atoms. The van der Waals surface area contributed by atoms with Crippen molar-refractivity contribution in [2.24, 2.45) is 5.84 Å². The number of anilines is 2. The van der Waals surface area contributed by atoms with Crippen molar-refractivity contribution >= 4 is 11.8 Å². The molecule has 0 amide bonds. The molecule has 21 heavy (non-hydrogen) atoms. The van der Waals surface area contributed by atoms with Gasteiger partial charge in [-0.2, -0.15) is 18.2 Å². The van der Waals surface area contributed by atoms with Crippen LogP contribution in [-0.2, 0) is 6.18 Å². The van der Waals surface area contributed by atoms with Crippen molar-refractivity contribution in [2.75, 3.05) is 36.5 Å². The molecule has 0 saturated carbocycles. The van der Waals surface area contributed by atoms with Crippen LogP contribution in [-0.4, -0.2) is 47.1 Å². The molecule has 9 heteroatoms. The Kier molecular flexibility index (Phi) is 4.52. The van der Waals surface area contributed by atoms with Gasteiger partial charge in [-0.1, -0.05) is 6.92 Å². The molecule has 0 spiro atoms. The molecule has 0 radical (unpaired) electrons. The fraction of sp³-hybridized carbons (Fsp3) is 0.667. The number of aromatic nitrogens is 2. The predicted molar refractivity (Wildman–Crippen MR) is 73.8 cm³/mol. The van der Waals surface area contributed by atoms with Crippen molar-refractivity contribution in [2.45, 2.75) is 26.1 Å². The average Bonchev–Trinajstić information content (AvgIpc) is 2.45. The molecule has 1 aromatic heterocycles. The number of hydrogen-bond acceptors (Lipinski definition) is 6. The molecule has 1 saturated heterocycles. The van der Waals surface area contributed by atoms with E-state index >= 15 is 0 Å². The highest BCUT2D eigenvalue weighted by Gasteiger charge is 2.34. The maximum atomic E-state index is 12.9. The normalized spacial score (nSPS) is 20.7. The number of halogens is 3. The van der Waals surface area contributed by atoms with Crippen molar-refractivity contribution < 1.29 is 13.2 Å². The van der Waals surface area contributed by atoms with E-state index in [0.717, 1.165) is 19.2 Å². The highest BCUT2D eigenvalue weighted by molar-refractivity contribution is 5.46. The fourth-order valence-corrected chi connectivity index (χ4v) is 2.48. The van der Waals surface area contributed by atoms with Crippen molar-refractivity contribution in [3.8, 4) is 0 Å². The first-order valence-corrected chi connectivity index (χ1v) is 6.77. The molecule has 0 aliphatic carbocycles. The number of nitrogens with one attached hydrogen (secondary N) is 1. The number of rotatable bonds is 3. The summed E-state index contributed by atoms with van der Waals surface area (Å²) >= 11 is 0. The third-order valence-electron chi connectivity index (χ3n) is 3.63. The summed E-state index contributed by atoms with van der Waals surface area (Å²) in [6.07, 6.45) is -4.53. The van der Waals surface area contributed by atoms with Gasteiger partial charge in [-0.05, 0) is 13.5 Å². The van der Waals surface area contributed by atoms with Crippen molar-refractivity contribution in [3.63, 3.8) is 0 Å². The van der Waals surface area contributed by atoms with Gasteiger partial charge in [0.2, 0.25) is 5.95 Å². The van der Waals surface area contributed by atoms with E-state index in [4.69, 9.17) is 5.84 Å². The van der Waals surface area contributed by atoms with Crippen LogP contribution in [0.5, 0.6) is 0 Å². The van der Waals surface area contributed by atoms with Gasteiger partial charge in [0.1, 0.15) is 5.82 Å². The highest BCUT2D eigenvalue weighted by Crippen LogP contribution is 2.31. The van der Waals surface area contributed by atoms with E-state index in [0.29, 0.717) is 13.1 Å². The summed E-state index contributed by atoms with van der Waals surface area (Å²) in [5.41, 5.74) is 1.10. The van der Waals surface area contributed by atoms with Gasteiger partial charge in [-0.25, -0.2) is 10.8 Å². The lowest BCUT2D eigenvalue weighted by Gasteiger charge is -2.40. The highest BCUT2D eigenvalue weighted by atomic mass is 19.4. The van der Waals surface area contributed by atoms with Gasteiger partial charge in [-0.15, -0.1) is 0 Å². The van der Waals surface area contributed by atoms with Crippen LogP contribution in [0.4, 0.5) is 24.9 Å². The Hall–Kier alpha value is -1.61. The zero-order valence-electron chi connectivity index (χ0n) is 12.0.